The van der Waals surface area contributed by atoms with E-state index >= 15 is 0 Å². The molecule has 4 nitrogen and oxygen atoms in total. The van der Waals surface area contributed by atoms with E-state index in [1.165, 1.54) is 17.3 Å². The second-order valence-electron chi connectivity index (χ2n) is 6.27. The molecular weight excluding hydrogens is 292 g/mol. The van der Waals surface area contributed by atoms with Crippen LogP contribution in [0, 0.1) is 11.3 Å². The highest BCUT2D eigenvalue weighted by molar-refractivity contribution is 8.00. The van der Waals surface area contributed by atoms with E-state index in [0.29, 0.717) is 0 Å². The van der Waals surface area contributed by atoms with Gasteiger partial charge >= 0.3 is 0 Å². The zero-order valence-corrected chi connectivity index (χ0v) is 14.6. The van der Waals surface area contributed by atoms with Crippen LogP contribution in [0.4, 0.5) is 0 Å². The number of hydrogen-bond donors (Lipinski definition) is 0. The maximum Gasteiger partial charge on any atom is 0.192 e. The predicted molar refractivity (Wildman–Crippen MR) is 90.8 cm³/mol. The van der Waals surface area contributed by atoms with E-state index < -0.39 is 0 Å². The monoisotopic (exact) mass is 314 g/mol. The van der Waals surface area contributed by atoms with Gasteiger partial charge in [-0.25, -0.2) is 0 Å². The van der Waals surface area contributed by atoms with Crippen molar-refractivity contribution in [3.8, 4) is 17.5 Å². The van der Waals surface area contributed by atoms with Crippen molar-refractivity contribution >= 4 is 11.8 Å². The summed E-state index contributed by atoms with van der Waals surface area (Å²) in [6.07, 6.45) is 0. The molecule has 0 amide bonds. The number of nitriles is 1. The van der Waals surface area contributed by atoms with Crippen LogP contribution in [-0.4, -0.2) is 20.0 Å². The number of benzene rings is 1. The lowest BCUT2D eigenvalue weighted by Crippen LogP contribution is -2.10. The highest BCUT2D eigenvalue weighted by Gasteiger charge is 2.17. The fourth-order valence-electron chi connectivity index (χ4n) is 2.18. The van der Waals surface area contributed by atoms with Crippen LogP contribution in [0.25, 0.3) is 11.4 Å². The third-order valence-corrected chi connectivity index (χ3v) is 4.48. The fraction of sp³-hybridized carbons (Fsp3) is 0.471. The van der Waals surface area contributed by atoms with Crippen molar-refractivity contribution < 1.29 is 0 Å². The van der Waals surface area contributed by atoms with Crippen molar-refractivity contribution in [1.82, 2.24) is 14.8 Å². The van der Waals surface area contributed by atoms with Gasteiger partial charge in [-0.1, -0.05) is 56.8 Å². The Morgan fingerprint density at radius 3 is 2.36 bits per heavy atom. The minimum atomic E-state index is -0.134. The number of nitrogens with zero attached hydrogens (tertiary/aromatic N) is 4. The summed E-state index contributed by atoms with van der Waals surface area (Å²) in [5, 5.41) is 18.2. The molecule has 0 bridgehead atoms. The van der Waals surface area contributed by atoms with E-state index in [9.17, 15) is 0 Å². The molecule has 2 rings (SSSR count). The van der Waals surface area contributed by atoms with Gasteiger partial charge in [0, 0.05) is 12.1 Å². The highest BCUT2D eigenvalue weighted by Crippen LogP contribution is 2.28. The van der Waals surface area contributed by atoms with Gasteiger partial charge in [-0.15, -0.1) is 10.2 Å². The standard InChI is InChI=1S/C17H22N4S/c1-6-21-15(19-20-16(21)22-12(2)11-18)13-7-9-14(10-8-13)17(3,4)5/h7-10,12H,6H2,1-5H3. The summed E-state index contributed by atoms with van der Waals surface area (Å²) >= 11 is 1.45. The molecule has 1 atom stereocenters. The van der Waals surface area contributed by atoms with Crippen molar-refractivity contribution in [3.05, 3.63) is 29.8 Å². The van der Waals surface area contributed by atoms with Gasteiger partial charge in [0.25, 0.3) is 0 Å². The van der Waals surface area contributed by atoms with Crippen molar-refractivity contribution in [3.63, 3.8) is 0 Å². The van der Waals surface area contributed by atoms with Crippen LogP contribution in [0.2, 0.25) is 0 Å². The van der Waals surface area contributed by atoms with Crippen LogP contribution in [0.5, 0.6) is 0 Å². The average Bonchev–Trinajstić information content (AvgIpc) is 2.88. The van der Waals surface area contributed by atoms with Crippen LogP contribution >= 0.6 is 11.8 Å². The Bertz CT molecular complexity index is 674. The molecule has 116 valence electrons. The topological polar surface area (TPSA) is 54.5 Å². The van der Waals surface area contributed by atoms with Crippen LogP contribution in [0.15, 0.2) is 29.4 Å². The molecule has 1 unspecified atom stereocenters. The molecule has 1 heterocycles. The van der Waals surface area contributed by atoms with E-state index in [4.69, 9.17) is 5.26 Å². The van der Waals surface area contributed by atoms with Crippen molar-refractivity contribution in [2.75, 3.05) is 0 Å². The Kier molecular flexibility index (Phi) is 4.92. The second-order valence-corrected chi connectivity index (χ2v) is 7.57. The maximum atomic E-state index is 8.96. The minimum Gasteiger partial charge on any atom is -0.302 e. The molecule has 0 aliphatic rings. The van der Waals surface area contributed by atoms with Gasteiger partial charge in [0.1, 0.15) is 0 Å². The summed E-state index contributed by atoms with van der Waals surface area (Å²) in [6, 6.07) is 10.7. The van der Waals surface area contributed by atoms with Gasteiger partial charge < -0.3 is 4.57 Å². The normalized spacial score (nSPS) is 12.9. The van der Waals surface area contributed by atoms with E-state index in [0.717, 1.165) is 23.1 Å². The van der Waals surface area contributed by atoms with Crippen LogP contribution in [0.1, 0.15) is 40.2 Å². The van der Waals surface area contributed by atoms with Gasteiger partial charge in [0.15, 0.2) is 11.0 Å². The fourth-order valence-corrected chi connectivity index (χ4v) is 2.98. The molecule has 1 aromatic heterocycles. The molecule has 0 saturated heterocycles. The van der Waals surface area contributed by atoms with Gasteiger partial charge in [-0.05, 0) is 24.8 Å². The third kappa shape index (κ3) is 3.50. The van der Waals surface area contributed by atoms with Gasteiger partial charge in [-0.2, -0.15) is 5.26 Å². The lowest BCUT2D eigenvalue weighted by Gasteiger charge is -2.19. The first kappa shape index (κ1) is 16.6. The van der Waals surface area contributed by atoms with Gasteiger partial charge in [-0.3, -0.25) is 0 Å². The molecule has 1 aromatic carbocycles. The first-order valence-electron chi connectivity index (χ1n) is 7.47. The number of hydrogen-bond acceptors (Lipinski definition) is 4. The molecule has 5 heteroatoms. The molecule has 0 aliphatic carbocycles. The molecule has 22 heavy (non-hydrogen) atoms. The summed E-state index contributed by atoms with van der Waals surface area (Å²) in [5.74, 6) is 0.857. The minimum absolute atomic E-state index is 0.134. The molecule has 0 radical (unpaired) electrons. The Labute approximate surface area is 136 Å². The van der Waals surface area contributed by atoms with Crippen LogP contribution in [-0.2, 0) is 12.0 Å². The molecule has 0 spiro atoms. The summed E-state index contributed by atoms with van der Waals surface area (Å²) < 4.78 is 2.06. The molecule has 2 aromatic rings. The van der Waals surface area contributed by atoms with E-state index in [1.54, 1.807) is 0 Å². The lowest BCUT2D eigenvalue weighted by atomic mass is 9.87. The SMILES string of the molecule is CCn1c(SC(C)C#N)nnc1-c1ccc(C(C)(C)C)cc1. The third-order valence-electron chi connectivity index (χ3n) is 3.51. The Morgan fingerprint density at radius 1 is 1.23 bits per heavy atom. The van der Waals surface area contributed by atoms with Crippen molar-refractivity contribution in [2.24, 2.45) is 0 Å². The van der Waals surface area contributed by atoms with Gasteiger partial charge in [0.05, 0.1) is 11.3 Å². The molecule has 0 saturated carbocycles. The Morgan fingerprint density at radius 2 is 1.86 bits per heavy atom. The predicted octanol–water partition coefficient (Wildman–Crippen LogP) is 4.27. The van der Waals surface area contributed by atoms with Crippen LogP contribution < -0.4 is 0 Å². The molecule has 0 aliphatic heterocycles. The molecule has 0 N–H and O–H groups in total. The first-order valence-corrected chi connectivity index (χ1v) is 8.35. The first-order chi connectivity index (χ1) is 10.4. The summed E-state index contributed by atoms with van der Waals surface area (Å²) in [6.45, 7) is 11.3. The second kappa shape index (κ2) is 6.53. The van der Waals surface area contributed by atoms with E-state index in [2.05, 4.69) is 72.8 Å². The number of thioether (sulfide) groups is 1. The average molecular weight is 314 g/mol. The number of aromatic nitrogens is 3. The largest absolute Gasteiger partial charge is 0.302 e. The number of rotatable bonds is 4. The molecular formula is C17H22N4S. The Balaban J connectivity index is 2.35. The summed E-state index contributed by atoms with van der Waals surface area (Å²) in [7, 11) is 0. The van der Waals surface area contributed by atoms with Crippen LogP contribution in [0.3, 0.4) is 0 Å². The summed E-state index contributed by atoms with van der Waals surface area (Å²) in [4.78, 5) is 0. The van der Waals surface area contributed by atoms with Crippen molar-refractivity contribution in [2.45, 2.75) is 57.0 Å². The lowest BCUT2D eigenvalue weighted by molar-refractivity contribution is 0.590. The zero-order chi connectivity index (χ0) is 16.3. The quantitative estimate of drug-likeness (QED) is 0.791. The maximum absolute atomic E-state index is 8.96. The van der Waals surface area contributed by atoms with E-state index in [1.807, 2.05) is 6.92 Å². The molecule has 0 fully saturated rings. The summed E-state index contributed by atoms with van der Waals surface area (Å²) in [5.41, 5.74) is 2.49. The van der Waals surface area contributed by atoms with Gasteiger partial charge in [0.2, 0.25) is 0 Å². The van der Waals surface area contributed by atoms with E-state index in [-0.39, 0.29) is 10.7 Å². The smallest absolute Gasteiger partial charge is 0.192 e. The Hall–Kier alpha value is -1.80. The highest BCUT2D eigenvalue weighted by atomic mass is 32.2. The zero-order valence-electron chi connectivity index (χ0n) is 13.8. The van der Waals surface area contributed by atoms with Crippen molar-refractivity contribution in [1.29, 1.82) is 5.26 Å².